The third-order valence-corrected chi connectivity index (χ3v) is 3.08. The van der Waals surface area contributed by atoms with Crippen molar-refractivity contribution in [2.24, 2.45) is 0 Å². The minimum absolute atomic E-state index is 0.177. The molecular weight excluding hydrogens is 242 g/mol. The molecule has 0 amide bonds. The zero-order chi connectivity index (χ0) is 14.4. The highest BCUT2D eigenvalue weighted by molar-refractivity contribution is 6.01. The fourth-order valence-corrected chi connectivity index (χ4v) is 1.82. The minimum Gasteiger partial charge on any atom is -0.385 e. The Bertz CT molecular complexity index is 525. The van der Waals surface area contributed by atoms with Crippen molar-refractivity contribution in [1.29, 1.82) is 0 Å². The van der Waals surface area contributed by atoms with E-state index in [0.29, 0.717) is 16.8 Å². The van der Waals surface area contributed by atoms with Crippen LogP contribution in [0.25, 0.3) is 0 Å². The molecule has 0 bridgehead atoms. The Morgan fingerprint density at radius 2 is 2.11 bits per heavy atom. The van der Waals surface area contributed by atoms with E-state index in [4.69, 9.17) is 0 Å². The largest absolute Gasteiger partial charge is 0.385 e. The number of hydrogen-bond donors (Lipinski definition) is 1. The number of aromatic nitrogens is 2. The minimum atomic E-state index is -0.177. The lowest BCUT2D eigenvalue weighted by atomic mass is 9.98. The van der Waals surface area contributed by atoms with Gasteiger partial charge in [0, 0.05) is 25.0 Å². The van der Waals surface area contributed by atoms with Crippen LogP contribution in [0, 0.1) is 0 Å². The SMILES string of the molecule is CC/C(C)=C(C(=O)n1ccnc1)\C(C)=C(\C=O)NC. The molecule has 1 N–H and O–H groups in total. The molecule has 0 aliphatic rings. The normalized spacial score (nSPS) is 13.5. The summed E-state index contributed by atoms with van der Waals surface area (Å²) in [6, 6.07) is 0. The number of rotatable bonds is 5. The first-order valence-electron chi connectivity index (χ1n) is 6.13. The third-order valence-electron chi connectivity index (χ3n) is 3.08. The summed E-state index contributed by atoms with van der Waals surface area (Å²) in [6.07, 6.45) is 6.06. The third kappa shape index (κ3) is 3.19. The number of carbonyl (C=O) groups is 2. The Kier molecular flexibility index (Phi) is 5.23. The average Bonchev–Trinajstić information content (AvgIpc) is 2.94. The fraction of sp³-hybridized carbons (Fsp3) is 0.357. The van der Waals surface area contributed by atoms with E-state index in [0.717, 1.165) is 18.3 Å². The van der Waals surface area contributed by atoms with E-state index in [2.05, 4.69) is 10.3 Å². The Hall–Kier alpha value is -2.17. The number of nitrogens with zero attached hydrogens (tertiary/aromatic N) is 2. The van der Waals surface area contributed by atoms with Gasteiger partial charge in [-0.3, -0.25) is 14.2 Å². The van der Waals surface area contributed by atoms with Crippen molar-refractivity contribution in [2.45, 2.75) is 27.2 Å². The van der Waals surface area contributed by atoms with E-state index in [1.165, 1.54) is 10.9 Å². The zero-order valence-corrected chi connectivity index (χ0v) is 11.7. The van der Waals surface area contributed by atoms with Crippen LogP contribution in [0.1, 0.15) is 32.0 Å². The standard InChI is InChI=1S/C14H19N3O2/c1-5-10(2)13(11(3)12(8-18)15-4)14(19)17-7-6-16-9-17/h6-9,15H,5H2,1-4H3/b12-11-,13-10+. The molecule has 0 saturated heterocycles. The van der Waals surface area contributed by atoms with Gasteiger partial charge in [-0.1, -0.05) is 12.5 Å². The van der Waals surface area contributed by atoms with Gasteiger partial charge in [0.25, 0.3) is 5.91 Å². The molecule has 0 saturated carbocycles. The molecule has 19 heavy (non-hydrogen) atoms. The zero-order valence-electron chi connectivity index (χ0n) is 11.7. The maximum absolute atomic E-state index is 12.5. The lowest BCUT2D eigenvalue weighted by Crippen LogP contribution is -2.18. The van der Waals surface area contributed by atoms with Gasteiger partial charge in [0.2, 0.25) is 0 Å². The maximum Gasteiger partial charge on any atom is 0.263 e. The first-order chi connectivity index (χ1) is 9.06. The quantitative estimate of drug-likeness (QED) is 0.500. The van der Waals surface area contributed by atoms with Crippen LogP contribution in [0.3, 0.4) is 0 Å². The monoisotopic (exact) mass is 261 g/mol. The summed E-state index contributed by atoms with van der Waals surface area (Å²) in [6.45, 7) is 5.64. The summed E-state index contributed by atoms with van der Waals surface area (Å²) < 4.78 is 1.41. The number of carbonyl (C=O) groups excluding carboxylic acids is 2. The van der Waals surface area contributed by atoms with Crippen LogP contribution in [0.5, 0.6) is 0 Å². The second-order valence-corrected chi connectivity index (χ2v) is 4.19. The van der Waals surface area contributed by atoms with Crippen LogP contribution in [0.15, 0.2) is 41.1 Å². The van der Waals surface area contributed by atoms with Gasteiger partial charge in [0.05, 0.1) is 5.70 Å². The molecule has 5 nitrogen and oxygen atoms in total. The molecule has 0 atom stereocenters. The van der Waals surface area contributed by atoms with Crippen LogP contribution in [0.4, 0.5) is 0 Å². The predicted octanol–water partition coefficient (Wildman–Crippen LogP) is 1.94. The lowest BCUT2D eigenvalue weighted by molar-refractivity contribution is -0.105. The number of allylic oxidation sites excluding steroid dienone is 4. The molecule has 0 spiro atoms. The lowest BCUT2D eigenvalue weighted by Gasteiger charge is -2.13. The molecule has 0 unspecified atom stereocenters. The van der Waals surface area contributed by atoms with Crippen molar-refractivity contribution in [3.63, 3.8) is 0 Å². The summed E-state index contributed by atoms with van der Waals surface area (Å²) in [4.78, 5) is 27.4. The molecule has 0 aromatic carbocycles. The first-order valence-corrected chi connectivity index (χ1v) is 6.13. The van der Waals surface area contributed by atoms with Crippen LogP contribution >= 0.6 is 0 Å². The van der Waals surface area contributed by atoms with Gasteiger partial charge in [-0.05, 0) is 25.8 Å². The van der Waals surface area contributed by atoms with E-state index < -0.39 is 0 Å². The number of imidazole rings is 1. The summed E-state index contributed by atoms with van der Waals surface area (Å²) in [5, 5.41) is 2.81. The maximum atomic E-state index is 12.5. The Morgan fingerprint density at radius 3 is 2.53 bits per heavy atom. The Balaban J connectivity index is 3.37. The van der Waals surface area contributed by atoms with Gasteiger partial charge in [-0.15, -0.1) is 0 Å². The smallest absolute Gasteiger partial charge is 0.263 e. The molecule has 0 fully saturated rings. The van der Waals surface area contributed by atoms with Gasteiger partial charge in [0.1, 0.15) is 6.33 Å². The van der Waals surface area contributed by atoms with Gasteiger partial charge in [-0.25, -0.2) is 4.98 Å². The van der Waals surface area contributed by atoms with Gasteiger partial charge >= 0.3 is 0 Å². The number of likely N-dealkylation sites (N-methyl/N-ethyl adjacent to an activating group) is 1. The molecule has 1 aromatic rings. The van der Waals surface area contributed by atoms with Crippen molar-refractivity contribution < 1.29 is 9.59 Å². The summed E-state index contributed by atoms with van der Waals surface area (Å²) in [7, 11) is 1.66. The molecule has 1 heterocycles. The molecule has 1 aromatic heterocycles. The highest BCUT2D eigenvalue weighted by atomic mass is 16.2. The summed E-state index contributed by atoms with van der Waals surface area (Å²) in [5.41, 5.74) is 2.55. The van der Waals surface area contributed by atoms with Crippen molar-refractivity contribution in [1.82, 2.24) is 14.9 Å². The average molecular weight is 261 g/mol. The fourth-order valence-electron chi connectivity index (χ4n) is 1.82. The van der Waals surface area contributed by atoms with Crippen molar-refractivity contribution in [3.05, 3.63) is 41.1 Å². The summed E-state index contributed by atoms with van der Waals surface area (Å²) in [5.74, 6) is -0.177. The van der Waals surface area contributed by atoms with Crippen LogP contribution in [0.2, 0.25) is 0 Å². The van der Waals surface area contributed by atoms with E-state index in [9.17, 15) is 9.59 Å². The topological polar surface area (TPSA) is 64.0 Å². The molecule has 1 rings (SSSR count). The second kappa shape index (κ2) is 6.68. The van der Waals surface area contributed by atoms with Gasteiger partial charge in [0.15, 0.2) is 6.29 Å². The Labute approximate surface area is 113 Å². The second-order valence-electron chi connectivity index (χ2n) is 4.19. The van der Waals surface area contributed by atoms with Crippen molar-refractivity contribution in [2.75, 3.05) is 7.05 Å². The van der Waals surface area contributed by atoms with Crippen molar-refractivity contribution >= 4 is 12.2 Å². The first kappa shape index (κ1) is 14.9. The van der Waals surface area contributed by atoms with Gasteiger partial charge < -0.3 is 5.32 Å². The molecule has 102 valence electrons. The number of aldehydes is 1. The van der Waals surface area contributed by atoms with Gasteiger partial charge in [-0.2, -0.15) is 0 Å². The van der Waals surface area contributed by atoms with E-state index in [1.807, 2.05) is 13.8 Å². The highest BCUT2D eigenvalue weighted by Gasteiger charge is 2.18. The van der Waals surface area contributed by atoms with Crippen LogP contribution < -0.4 is 5.32 Å². The molecule has 0 radical (unpaired) electrons. The number of hydrogen-bond acceptors (Lipinski definition) is 4. The van der Waals surface area contributed by atoms with Crippen LogP contribution in [-0.2, 0) is 4.79 Å². The van der Waals surface area contributed by atoms with Crippen LogP contribution in [-0.4, -0.2) is 28.8 Å². The molecule has 0 aliphatic heterocycles. The highest BCUT2D eigenvalue weighted by Crippen LogP contribution is 2.20. The van der Waals surface area contributed by atoms with Crippen molar-refractivity contribution in [3.8, 4) is 0 Å². The number of nitrogens with one attached hydrogen (secondary N) is 1. The van der Waals surface area contributed by atoms with E-state index >= 15 is 0 Å². The predicted molar refractivity (Wildman–Crippen MR) is 73.7 cm³/mol. The van der Waals surface area contributed by atoms with E-state index in [-0.39, 0.29) is 5.91 Å². The molecular formula is C14H19N3O2. The summed E-state index contributed by atoms with van der Waals surface area (Å²) >= 11 is 0. The van der Waals surface area contributed by atoms with E-state index in [1.54, 1.807) is 26.4 Å². The Morgan fingerprint density at radius 1 is 1.42 bits per heavy atom. The molecule has 5 heteroatoms. The molecule has 0 aliphatic carbocycles.